The average molecular weight is 539 g/mol. The largest absolute Gasteiger partial charge is 0.387 e. The number of alkyl halides is 2. The molecule has 2 aromatic heterocycles. The van der Waals surface area contributed by atoms with Gasteiger partial charge in [-0.15, -0.1) is 0 Å². The summed E-state index contributed by atoms with van der Waals surface area (Å²) in [7, 11) is 0. The predicted octanol–water partition coefficient (Wildman–Crippen LogP) is 6.16. The minimum atomic E-state index is -2.64. The molecule has 8 nitrogen and oxygen atoms in total. The van der Waals surface area contributed by atoms with Gasteiger partial charge >= 0.3 is 0 Å². The van der Waals surface area contributed by atoms with E-state index >= 15 is 0 Å². The number of rotatable bonds is 6. The van der Waals surface area contributed by atoms with Crippen molar-refractivity contribution in [1.29, 1.82) is 5.41 Å². The fourth-order valence-corrected chi connectivity index (χ4v) is 5.30. The molecule has 0 amide bonds. The molecule has 37 heavy (non-hydrogen) atoms. The Balaban J connectivity index is 1.48. The smallest absolute Gasteiger partial charge is 0.248 e. The van der Waals surface area contributed by atoms with E-state index in [1.807, 2.05) is 4.57 Å². The molecule has 2 aliphatic rings. The van der Waals surface area contributed by atoms with Gasteiger partial charge in [0.1, 0.15) is 17.2 Å². The molecule has 198 valence electrons. The summed E-state index contributed by atoms with van der Waals surface area (Å²) < 4.78 is 57.6. The van der Waals surface area contributed by atoms with Crippen molar-refractivity contribution in [3.63, 3.8) is 0 Å². The van der Waals surface area contributed by atoms with E-state index in [2.05, 4.69) is 25.6 Å². The number of nitrogens with zero attached hydrogens (tertiary/aromatic N) is 4. The molecule has 2 saturated carbocycles. The monoisotopic (exact) mass is 538 g/mol. The van der Waals surface area contributed by atoms with Crippen LogP contribution in [0.15, 0.2) is 18.3 Å². The highest BCUT2D eigenvalue weighted by Crippen LogP contribution is 2.38. The van der Waals surface area contributed by atoms with E-state index in [0.29, 0.717) is 49.7 Å². The lowest BCUT2D eigenvalue weighted by Gasteiger charge is -2.30. The van der Waals surface area contributed by atoms with Crippen molar-refractivity contribution in [3.05, 3.63) is 35.0 Å². The number of nitrogens with two attached hydrogens (primary N) is 1. The minimum absolute atomic E-state index is 0.0125. The van der Waals surface area contributed by atoms with E-state index in [1.54, 1.807) is 0 Å². The molecule has 0 spiro atoms. The number of halogens is 5. The molecule has 0 saturated heterocycles. The number of hydrogen-bond donors (Lipinski definition) is 4. The zero-order chi connectivity index (χ0) is 26.3. The first kappa shape index (κ1) is 25.5. The van der Waals surface area contributed by atoms with E-state index < -0.39 is 17.6 Å². The molecule has 3 aromatic rings. The maximum atomic E-state index is 14.6. The molecule has 5 N–H and O–H groups in total. The summed E-state index contributed by atoms with van der Waals surface area (Å²) in [6.45, 7) is 0. The van der Waals surface area contributed by atoms with Crippen LogP contribution >= 0.6 is 11.6 Å². The molecular formula is C24H27ClF4N8. The lowest BCUT2D eigenvalue weighted by atomic mass is 9.85. The second-order valence-electron chi connectivity index (χ2n) is 9.81. The van der Waals surface area contributed by atoms with E-state index in [9.17, 15) is 17.6 Å². The lowest BCUT2D eigenvalue weighted by molar-refractivity contribution is -0.0361. The van der Waals surface area contributed by atoms with Gasteiger partial charge in [-0.3, -0.25) is 9.98 Å². The van der Waals surface area contributed by atoms with Crippen molar-refractivity contribution in [2.45, 2.75) is 69.4 Å². The minimum Gasteiger partial charge on any atom is -0.387 e. The van der Waals surface area contributed by atoms with Crippen LogP contribution in [0.5, 0.6) is 0 Å². The predicted molar refractivity (Wildman–Crippen MR) is 134 cm³/mol. The Morgan fingerprint density at radius 3 is 2.43 bits per heavy atom. The van der Waals surface area contributed by atoms with Crippen molar-refractivity contribution in [3.8, 4) is 0 Å². The molecule has 2 heterocycles. The third-order valence-corrected chi connectivity index (χ3v) is 7.53. The van der Waals surface area contributed by atoms with E-state index in [0.717, 1.165) is 12.1 Å². The topological polar surface area (TPSA) is 118 Å². The van der Waals surface area contributed by atoms with Crippen molar-refractivity contribution in [1.82, 2.24) is 19.5 Å². The maximum Gasteiger partial charge on any atom is 0.248 e. The van der Waals surface area contributed by atoms with Crippen LogP contribution in [0.2, 0.25) is 5.02 Å². The van der Waals surface area contributed by atoms with Gasteiger partial charge in [0.15, 0.2) is 5.65 Å². The van der Waals surface area contributed by atoms with Gasteiger partial charge < -0.3 is 16.4 Å². The van der Waals surface area contributed by atoms with E-state index in [4.69, 9.17) is 22.7 Å². The molecule has 13 heteroatoms. The number of imidazole rings is 1. The normalized spacial score (nSPS) is 22.2. The second kappa shape index (κ2) is 9.96. The van der Waals surface area contributed by atoms with Gasteiger partial charge in [-0.25, -0.2) is 27.5 Å². The Bertz CT molecular complexity index is 1310. The van der Waals surface area contributed by atoms with Crippen LogP contribution in [0.25, 0.3) is 11.2 Å². The highest BCUT2D eigenvalue weighted by molar-refractivity contribution is 6.30. The molecule has 0 aliphatic heterocycles. The van der Waals surface area contributed by atoms with Gasteiger partial charge in [-0.05, 0) is 44.6 Å². The van der Waals surface area contributed by atoms with Gasteiger partial charge in [0.25, 0.3) is 0 Å². The summed E-state index contributed by atoms with van der Waals surface area (Å²) in [4.78, 5) is 13.5. The van der Waals surface area contributed by atoms with Crippen LogP contribution < -0.4 is 16.4 Å². The highest BCUT2D eigenvalue weighted by Gasteiger charge is 2.35. The van der Waals surface area contributed by atoms with E-state index in [1.165, 1.54) is 6.20 Å². The van der Waals surface area contributed by atoms with Crippen LogP contribution in [-0.2, 0) is 0 Å². The molecule has 0 bridgehead atoms. The molecule has 0 unspecified atom stereocenters. The van der Waals surface area contributed by atoms with Gasteiger partial charge in [0.2, 0.25) is 17.8 Å². The Morgan fingerprint density at radius 1 is 1.05 bits per heavy atom. The number of benzene rings is 1. The first-order chi connectivity index (χ1) is 17.6. The number of nitrogens with one attached hydrogen (secondary N) is 3. The Kier molecular flexibility index (Phi) is 6.86. The van der Waals surface area contributed by atoms with Gasteiger partial charge in [-0.2, -0.15) is 4.98 Å². The SMILES string of the molecule is N=C(N)[C@H]1CC[C@@H](n2c(Nc3cc(F)c(Cl)cc3F)nc3cnc(NC4CCC(F)(F)CC4)nc32)CC1. The lowest BCUT2D eigenvalue weighted by Crippen LogP contribution is -2.32. The first-order valence-corrected chi connectivity index (χ1v) is 12.6. The maximum absolute atomic E-state index is 14.6. The molecule has 2 aliphatic carbocycles. The van der Waals surface area contributed by atoms with Crippen LogP contribution in [0.3, 0.4) is 0 Å². The van der Waals surface area contributed by atoms with E-state index in [-0.39, 0.29) is 59.3 Å². The van der Waals surface area contributed by atoms with Crippen molar-refractivity contribution < 1.29 is 17.6 Å². The summed E-state index contributed by atoms with van der Waals surface area (Å²) in [5, 5.41) is 13.5. The van der Waals surface area contributed by atoms with Crippen molar-refractivity contribution >= 4 is 46.2 Å². The summed E-state index contributed by atoms with van der Waals surface area (Å²) in [6.07, 6.45) is 4.46. The molecular weight excluding hydrogens is 512 g/mol. The average Bonchev–Trinajstić information content (AvgIpc) is 3.21. The Hall–Kier alpha value is -3.15. The number of anilines is 3. The van der Waals surface area contributed by atoms with Gasteiger partial charge in [-0.1, -0.05) is 11.6 Å². The molecule has 0 radical (unpaired) electrons. The fraction of sp³-hybridized carbons (Fsp3) is 0.500. The van der Waals surface area contributed by atoms with Crippen LogP contribution in [0.1, 0.15) is 57.4 Å². The number of fused-ring (bicyclic) bond motifs is 1. The molecule has 2 fully saturated rings. The van der Waals surface area contributed by atoms with Crippen molar-refractivity contribution in [2.24, 2.45) is 11.7 Å². The first-order valence-electron chi connectivity index (χ1n) is 12.2. The van der Waals surface area contributed by atoms with Crippen LogP contribution in [-0.4, -0.2) is 37.3 Å². The molecule has 1 aromatic carbocycles. The van der Waals surface area contributed by atoms with Crippen molar-refractivity contribution in [2.75, 3.05) is 10.6 Å². The Morgan fingerprint density at radius 2 is 1.76 bits per heavy atom. The summed E-state index contributed by atoms with van der Waals surface area (Å²) in [6, 6.07) is 1.58. The third-order valence-electron chi connectivity index (χ3n) is 7.24. The van der Waals surface area contributed by atoms with Crippen LogP contribution in [0.4, 0.5) is 35.1 Å². The van der Waals surface area contributed by atoms with Gasteiger partial charge in [0.05, 0.1) is 22.7 Å². The highest BCUT2D eigenvalue weighted by atomic mass is 35.5. The zero-order valence-electron chi connectivity index (χ0n) is 19.9. The third kappa shape index (κ3) is 5.43. The summed E-state index contributed by atoms with van der Waals surface area (Å²) >= 11 is 5.70. The van der Waals surface area contributed by atoms with Crippen LogP contribution in [0, 0.1) is 23.0 Å². The fourth-order valence-electron chi connectivity index (χ4n) is 5.15. The Labute approximate surface area is 215 Å². The second-order valence-corrected chi connectivity index (χ2v) is 10.2. The number of aromatic nitrogens is 4. The standard InChI is InChI=1S/C24H27ClF4N8/c25-15-9-17(27)18(10-16(15)26)34-23-35-19-11-32-22(33-13-5-7-24(28,29)8-6-13)36-21(19)37(23)14-3-1-12(2-4-14)20(30)31/h9-14H,1-8H2,(H3,30,31)(H,34,35)(H,32,33,36)/t12-,14+. The number of hydrogen-bond acceptors (Lipinski definition) is 6. The quantitative estimate of drug-likeness (QED) is 0.129. The van der Waals surface area contributed by atoms with Gasteiger partial charge in [0, 0.05) is 36.9 Å². The molecule has 0 atom stereocenters. The molecule has 5 rings (SSSR count). The zero-order valence-corrected chi connectivity index (χ0v) is 20.6. The summed E-state index contributed by atoms with van der Waals surface area (Å²) in [5.74, 6) is -3.48. The number of amidine groups is 1. The summed E-state index contributed by atoms with van der Waals surface area (Å²) in [5.41, 5.74) is 6.49.